The number of hydrogen-bond donors (Lipinski definition) is 2. The van der Waals surface area contributed by atoms with Gasteiger partial charge in [0.1, 0.15) is 0 Å². The second-order valence-electron chi connectivity index (χ2n) is 5.63. The van der Waals surface area contributed by atoms with Crippen LogP contribution in [0.5, 0.6) is 0 Å². The van der Waals surface area contributed by atoms with Crippen LogP contribution in [-0.4, -0.2) is 37.0 Å². The van der Waals surface area contributed by atoms with Gasteiger partial charge in [-0.15, -0.1) is 0 Å². The molecule has 1 saturated heterocycles. The highest BCUT2D eigenvalue weighted by Crippen LogP contribution is 2.30. The fraction of sp³-hybridized carbons (Fsp3) is 0.571. The standard InChI is InChI=1S/C14H21ClN2O3S/c1-9-7-12(8-13(16)14(9)15)21(19,20)17-5-3-11(4-6-17)10(2)18/h7-8,10-11,18H,3-6,16H2,1-2H3. The lowest BCUT2D eigenvalue weighted by atomic mass is 9.93. The molecule has 0 amide bonds. The van der Waals surface area contributed by atoms with Gasteiger partial charge in [0.15, 0.2) is 0 Å². The summed E-state index contributed by atoms with van der Waals surface area (Å²) in [5.41, 5.74) is 6.68. The molecule has 1 unspecified atom stereocenters. The predicted octanol–water partition coefficient (Wildman–Crippen LogP) is 2.01. The van der Waals surface area contributed by atoms with Gasteiger partial charge in [-0.2, -0.15) is 4.31 Å². The van der Waals surface area contributed by atoms with Crippen LogP contribution in [0, 0.1) is 12.8 Å². The van der Waals surface area contributed by atoms with Gasteiger partial charge in [-0.25, -0.2) is 8.42 Å². The van der Waals surface area contributed by atoms with Gasteiger partial charge in [0.05, 0.1) is 21.7 Å². The number of anilines is 1. The number of nitrogens with zero attached hydrogens (tertiary/aromatic N) is 1. The lowest BCUT2D eigenvalue weighted by Crippen LogP contribution is -2.40. The van der Waals surface area contributed by atoms with Crippen molar-refractivity contribution < 1.29 is 13.5 Å². The largest absolute Gasteiger partial charge is 0.397 e. The van der Waals surface area contributed by atoms with Gasteiger partial charge in [0.25, 0.3) is 0 Å². The number of aliphatic hydroxyl groups is 1. The molecule has 2 rings (SSSR count). The Morgan fingerprint density at radius 1 is 1.38 bits per heavy atom. The van der Waals surface area contributed by atoms with Crippen LogP contribution in [0.3, 0.4) is 0 Å². The van der Waals surface area contributed by atoms with Crippen molar-refractivity contribution in [1.82, 2.24) is 4.31 Å². The molecule has 1 aliphatic rings. The first-order valence-electron chi connectivity index (χ1n) is 6.97. The van der Waals surface area contributed by atoms with E-state index in [0.29, 0.717) is 36.5 Å². The lowest BCUT2D eigenvalue weighted by Gasteiger charge is -2.32. The van der Waals surface area contributed by atoms with E-state index >= 15 is 0 Å². The number of sulfonamides is 1. The lowest BCUT2D eigenvalue weighted by molar-refractivity contribution is 0.0912. The first-order valence-corrected chi connectivity index (χ1v) is 8.79. The van der Waals surface area contributed by atoms with Gasteiger partial charge in [-0.1, -0.05) is 11.6 Å². The molecule has 0 saturated carbocycles. The molecule has 1 aromatic carbocycles. The molecule has 0 aromatic heterocycles. The maximum atomic E-state index is 12.6. The number of rotatable bonds is 3. The van der Waals surface area contributed by atoms with Gasteiger partial charge in [-0.05, 0) is 50.3 Å². The SMILES string of the molecule is Cc1cc(S(=O)(=O)N2CCC(C(C)O)CC2)cc(N)c1Cl. The van der Waals surface area contributed by atoms with Crippen LogP contribution in [0.4, 0.5) is 5.69 Å². The van der Waals surface area contributed by atoms with E-state index in [0.717, 1.165) is 0 Å². The Bertz CT molecular complexity index is 600. The number of nitrogen functional groups attached to an aromatic ring is 1. The van der Waals surface area contributed by atoms with E-state index in [-0.39, 0.29) is 16.5 Å². The molecule has 1 heterocycles. The summed E-state index contributed by atoms with van der Waals surface area (Å²) in [6.45, 7) is 4.31. The van der Waals surface area contributed by atoms with Crippen LogP contribution in [0.1, 0.15) is 25.3 Å². The summed E-state index contributed by atoms with van der Waals surface area (Å²) in [5, 5.41) is 9.98. The molecule has 3 N–H and O–H groups in total. The first-order chi connectivity index (χ1) is 9.73. The third kappa shape index (κ3) is 3.34. The quantitative estimate of drug-likeness (QED) is 0.829. The third-order valence-corrected chi connectivity index (χ3v) is 6.47. The van der Waals surface area contributed by atoms with Gasteiger partial charge in [0.2, 0.25) is 10.0 Å². The van der Waals surface area contributed by atoms with Crippen LogP contribution < -0.4 is 5.73 Å². The summed E-state index contributed by atoms with van der Waals surface area (Å²) in [6, 6.07) is 2.96. The predicted molar refractivity (Wildman–Crippen MR) is 83.8 cm³/mol. The van der Waals surface area contributed by atoms with Crippen molar-refractivity contribution >= 4 is 27.3 Å². The highest BCUT2D eigenvalue weighted by atomic mass is 35.5. The fourth-order valence-corrected chi connectivity index (χ4v) is 4.36. The molecule has 5 nitrogen and oxygen atoms in total. The Kier molecular flexibility index (Phi) is 4.82. The normalized spacial score (nSPS) is 19.6. The van der Waals surface area contributed by atoms with Gasteiger partial charge < -0.3 is 10.8 Å². The van der Waals surface area contributed by atoms with Gasteiger partial charge in [-0.3, -0.25) is 0 Å². The van der Waals surface area contributed by atoms with Crippen LogP contribution >= 0.6 is 11.6 Å². The molecular formula is C14H21ClN2O3S. The molecule has 0 spiro atoms. The van der Waals surface area contributed by atoms with Crippen LogP contribution in [-0.2, 0) is 10.0 Å². The minimum absolute atomic E-state index is 0.161. The van der Waals surface area contributed by atoms with Crippen molar-refractivity contribution in [3.05, 3.63) is 22.7 Å². The monoisotopic (exact) mass is 332 g/mol. The van der Waals surface area contributed by atoms with E-state index in [2.05, 4.69) is 0 Å². The molecule has 0 aliphatic carbocycles. The maximum Gasteiger partial charge on any atom is 0.243 e. The Morgan fingerprint density at radius 2 is 1.95 bits per heavy atom. The maximum absolute atomic E-state index is 12.6. The first kappa shape index (κ1) is 16.5. The summed E-state index contributed by atoms with van der Waals surface area (Å²) in [6.07, 6.45) is 0.932. The molecule has 1 fully saturated rings. The highest BCUT2D eigenvalue weighted by Gasteiger charge is 2.31. The summed E-state index contributed by atoms with van der Waals surface area (Å²) in [7, 11) is -3.56. The van der Waals surface area contributed by atoms with Gasteiger partial charge in [0, 0.05) is 13.1 Å². The third-order valence-electron chi connectivity index (χ3n) is 4.07. The highest BCUT2D eigenvalue weighted by molar-refractivity contribution is 7.89. The average molecular weight is 333 g/mol. The van der Waals surface area contributed by atoms with Crippen molar-refractivity contribution in [3.63, 3.8) is 0 Å². The Balaban J connectivity index is 2.24. The zero-order valence-electron chi connectivity index (χ0n) is 12.2. The number of nitrogens with two attached hydrogens (primary N) is 1. The summed E-state index contributed by atoms with van der Waals surface area (Å²) in [5.74, 6) is 0.161. The van der Waals surface area contributed by atoms with Crippen LogP contribution in [0.15, 0.2) is 17.0 Å². The minimum Gasteiger partial charge on any atom is -0.397 e. The molecule has 118 valence electrons. The number of hydrogen-bond acceptors (Lipinski definition) is 4. The smallest absolute Gasteiger partial charge is 0.243 e. The fourth-order valence-electron chi connectivity index (χ4n) is 2.66. The van der Waals surface area contributed by atoms with Crippen molar-refractivity contribution in [1.29, 1.82) is 0 Å². The molecular weight excluding hydrogens is 312 g/mol. The number of aliphatic hydroxyl groups excluding tert-OH is 1. The molecule has 1 atom stereocenters. The van der Waals surface area contributed by atoms with E-state index < -0.39 is 16.1 Å². The number of benzene rings is 1. The van der Waals surface area contributed by atoms with Crippen LogP contribution in [0.25, 0.3) is 0 Å². The molecule has 7 heteroatoms. The molecule has 21 heavy (non-hydrogen) atoms. The Morgan fingerprint density at radius 3 is 2.43 bits per heavy atom. The summed E-state index contributed by atoms with van der Waals surface area (Å²) >= 11 is 5.98. The number of halogens is 1. The summed E-state index contributed by atoms with van der Waals surface area (Å²) < 4.78 is 26.7. The van der Waals surface area contributed by atoms with E-state index in [4.69, 9.17) is 17.3 Å². The number of aryl methyl sites for hydroxylation is 1. The van der Waals surface area contributed by atoms with Crippen molar-refractivity contribution in [2.45, 2.75) is 37.7 Å². The van der Waals surface area contributed by atoms with E-state index in [1.54, 1.807) is 19.9 Å². The minimum atomic E-state index is -3.56. The van der Waals surface area contributed by atoms with Crippen molar-refractivity contribution in [2.75, 3.05) is 18.8 Å². The second-order valence-corrected chi connectivity index (χ2v) is 7.94. The number of piperidine rings is 1. The van der Waals surface area contributed by atoms with Crippen LogP contribution in [0.2, 0.25) is 5.02 Å². The van der Waals surface area contributed by atoms with Gasteiger partial charge >= 0.3 is 0 Å². The summed E-state index contributed by atoms with van der Waals surface area (Å²) in [4.78, 5) is 0.178. The molecule has 1 aromatic rings. The Hall–Kier alpha value is -0.820. The molecule has 1 aliphatic heterocycles. The van der Waals surface area contributed by atoms with E-state index in [9.17, 15) is 13.5 Å². The Labute approximate surface area is 130 Å². The second kappa shape index (κ2) is 6.12. The average Bonchev–Trinajstić information content (AvgIpc) is 2.44. The van der Waals surface area contributed by atoms with Crippen molar-refractivity contribution in [2.24, 2.45) is 5.92 Å². The zero-order chi connectivity index (χ0) is 15.8. The molecule has 0 bridgehead atoms. The van der Waals surface area contributed by atoms with Crippen molar-refractivity contribution in [3.8, 4) is 0 Å². The van der Waals surface area contributed by atoms with E-state index in [1.165, 1.54) is 10.4 Å². The topological polar surface area (TPSA) is 83.6 Å². The molecule has 0 radical (unpaired) electrons. The zero-order valence-corrected chi connectivity index (χ0v) is 13.8. The van der Waals surface area contributed by atoms with E-state index in [1.807, 2.05) is 0 Å².